The van der Waals surface area contributed by atoms with Crippen LogP contribution in [-0.4, -0.2) is 18.3 Å². The zero-order valence-corrected chi connectivity index (χ0v) is 13.1. The van der Waals surface area contributed by atoms with Gasteiger partial charge in [-0.2, -0.15) is 0 Å². The number of amides is 1. The smallest absolute Gasteiger partial charge is 0.252 e. The van der Waals surface area contributed by atoms with Gasteiger partial charge in [0.05, 0.1) is 5.56 Å². The minimum atomic E-state index is -0.327. The summed E-state index contributed by atoms with van der Waals surface area (Å²) in [5.74, 6) is 0.628. The summed E-state index contributed by atoms with van der Waals surface area (Å²) in [6.45, 7) is 2.70. The Balaban J connectivity index is 2.41. The van der Waals surface area contributed by atoms with Gasteiger partial charge in [0, 0.05) is 16.0 Å². The van der Waals surface area contributed by atoms with Gasteiger partial charge < -0.3 is 5.32 Å². The molecule has 0 radical (unpaired) electrons. The van der Waals surface area contributed by atoms with E-state index in [0.29, 0.717) is 27.5 Å². The van der Waals surface area contributed by atoms with Gasteiger partial charge in [0.1, 0.15) is 5.82 Å². The summed E-state index contributed by atoms with van der Waals surface area (Å²) in [5.41, 5.74) is 0.516. The van der Waals surface area contributed by atoms with Crippen molar-refractivity contribution in [2.75, 3.05) is 12.4 Å². The van der Waals surface area contributed by atoms with E-state index in [9.17, 15) is 9.18 Å². The molecule has 0 spiro atoms. The number of nitrogens with one attached hydrogen (secondary N) is 1. The lowest BCUT2D eigenvalue weighted by Crippen LogP contribution is -2.25. The van der Waals surface area contributed by atoms with E-state index in [1.54, 1.807) is 0 Å². The second kappa shape index (κ2) is 7.94. The van der Waals surface area contributed by atoms with Crippen LogP contribution in [0, 0.1) is 15.3 Å². The van der Waals surface area contributed by atoms with Gasteiger partial charge in [-0.05, 0) is 59.5 Å². The predicted octanol–water partition coefficient (Wildman–Crippen LogP) is 3.82. The van der Waals surface area contributed by atoms with Crippen LogP contribution in [-0.2, 0) is 0 Å². The van der Waals surface area contributed by atoms with E-state index in [1.165, 1.54) is 18.2 Å². The SMILES string of the molecule is CC(CCl)CCCNC(=O)c1ccc(F)cc1I. The normalized spacial score (nSPS) is 12.2. The molecule has 1 aromatic carbocycles. The Bertz CT molecular complexity index is 414. The first-order valence-electron chi connectivity index (χ1n) is 5.83. The molecule has 100 valence electrons. The summed E-state index contributed by atoms with van der Waals surface area (Å²) >= 11 is 7.66. The molecule has 0 fully saturated rings. The van der Waals surface area contributed by atoms with Crippen LogP contribution in [0.5, 0.6) is 0 Å². The molecule has 0 bridgehead atoms. The molecule has 2 nitrogen and oxygen atoms in total. The topological polar surface area (TPSA) is 29.1 Å². The molecule has 0 saturated carbocycles. The highest BCUT2D eigenvalue weighted by Crippen LogP contribution is 2.14. The third kappa shape index (κ3) is 5.10. The van der Waals surface area contributed by atoms with Gasteiger partial charge in [0.25, 0.3) is 5.91 Å². The predicted molar refractivity (Wildman–Crippen MR) is 80.6 cm³/mol. The number of alkyl halides is 1. The van der Waals surface area contributed by atoms with E-state index in [4.69, 9.17) is 11.6 Å². The number of carbonyl (C=O) groups is 1. The molecule has 5 heteroatoms. The molecule has 0 aliphatic heterocycles. The van der Waals surface area contributed by atoms with Gasteiger partial charge in [-0.3, -0.25) is 4.79 Å². The fraction of sp³-hybridized carbons (Fsp3) is 0.462. The van der Waals surface area contributed by atoms with Crippen LogP contribution >= 0.6 is 34.2 Å². The van der Waals surface area contributed by atoms with E-state index in [1.807, 2.05) is 22.6 Å². The molecule has 0 aromatic heterocycles. The zero-order chi connectivity index (χ0) is 13.5. The Morgan fingerprint density at radius 3 is 2.89 bits per heavy atom. The third-order valence-electron chi connectivity index (χ3n) is 2.60. The van der Waals surface area contributed by atoms with Crippen molar-refractivity contribution in [1.82, 2.24) is 5.32 Å². The maximum Gasteiger partial charge on any atom is 0.252 e. The van der Waals surface area contributed by atoms with Crippen molar-refractivity contribution in [3.63, 3.8) is 0 Å². The standard InChI is InChI=1S/C13H16ClFINO/c1-9(8-14)3-2-6-17-13(18)11-5-4-10(15)7-12(11)16/h4-5,7,9H,2-3,6,8H2,1H3,(H,17,18). The quantitative estimate of drug-likeness (QED) is 0.452. The molecular formula is C13H16ClFINO. The van der Waals surface area contributed by atoms with Crippen molar-refractivity contribution >= 4 is 40.1 Å². The van der Waals surface area contributed by atoms with Crippen molar-refractivity contribution in [2.24, 2.45) is 5.92 Å². The molecule has 1 N–H and O–H groups in total. The third-order valence-corrected chi connectivity index (χ3v) is 4.02. The number of halogens is 3. The summed E-state index contributed by atoms with van der Waals surface area (Å²) in [5, 5.41) is 2.83. The summed E-state index contributed by atoms with van der Waals surface area (Å²) in [6, 6.07) is 4.16. The highest BCUT2D eigenvalue weighted by atomic mass is 127. The molecule has 0 heterocycles. The van der Waals surface area contributed by atoms with Crippen molar-refractivity contribution < 1.29 is 9.18 Å². The van der Waals surface area contributed by atoms with Crippen LogP contribution in [0.2, 0.25) is 0 Å². The lowest BCUT2D eigenvalue weighted by Gasteiger charge is -2.09. The lowest BCUT2D eigenvalue weighted by molar-refractivity contribution is 0.0951. The highest BCUT2D eigenvalue weighted by molar-refractivity contribution is 14.1. The van der Waals surface area contributed by atoms with Crippen LogP contribution in [0.25, 0.3) is 0 Å². The fourth-order valence-corrected chi connectivity index (χ4v) is 2.37. The van der Waals surface area contributed by atoms with Gasteiger partial charge >= 0.3 is 0 Å². The summed E-state index contributed by atoms with van der Waals surface area (Å²) in [4.78, 5) is 11.8. The highest BCUT2D eigenvalue weighted by Gasteiger charge is 2.10. The monoisotopic (exact) mass is 383 g/mol. The first-order valence-corrected chi connectivity index (χ1v) is 7.45. The minimum absolute atomic E-state index is 0.155. The second-order valence-corrected chi connectivity index (χ2v) is 5.75. The van der Waals surface area contributed by atoms with Crippen molar-refractivity contribution in [3.05, 3.63) is 33.1 Å². The first kappa shape index (κ1) is 15.7. The Morgan fingerprint density at radius 1 is 1.56 bits per heavy atom. The van der Waals surface area contributed by atoms with Gasteiger partial charge in [-0.15, -0.1) is 11.6 Å². The Kier molecular flexibility index (Phi) is 6.92. The lowest BCUT2D eigenvalue weighted by atomic mass is 10.1. The van der Waals surface area contributed by atoms with Crippen LogP contribution in [0.15, 0.2) is 18.2 Å². The van der Waals surface area contributed by atoms with Crippen LogP contribution in [0.1, 0.15) is 30.1 Å². The Hall–Kier alpha value is -0.360. The Labute approximate surface area is 125 Å². The molecule has 1 rings (SSSR count). The van der Waals surface area contributed by atoms with E-state index in [0.717, 1.165) is 12.8 Å². The summed E-state index contributed by atoms with van der Waals surface area (Å²) < 4.78 is 13.5. The van der Waals surface area contributed by atoms with Crippen molar-refractivity contribution in [2.45, 2.75) is 19.8 Å². The minimum Gasteiger partial charge on any atom is -0.352 e. The van der Waals surface area contributed by atoms with Crippen LogP contribution < -0.4 is 5.32 Å². The summed E-state index contributed by atoms with van der Waals surface area (Å²) in [6.07, 6.45) is 1.89. The van der Waals surface area contributed by atoms with Crippen molar-refractivity contribution in [3.8, 4) is 0 Å². The molecule has 1 atom stereocenters. The Morgan fingerprint density at radius 2 is 2.28 bits per heavy atom. The van der Waals surface area contributed by atoms with Gasteiger partial charge in [-0.1, -0.05) is 6.92 Å². The average molecular weight is 384 g/mol. The number of hydrogen-bond acceptors (Lipinski definition) is 1. The first-order chi connectivity index (χ1) is 8.54. The maximum atomic E-state index is 12.9. The van der Waals surface area contributed by atoms with E-state index < -0.39 is 0 Å². The molecule has 0 saturated heterocycles. The van der Waals surface area contributed by atoms with Crippen molar-refractivity contribution in [1.29, 1.82) is 0 Å². The maximum absolute atomic E-state index is 12.9. The van der Waals surface area contributed by atoms with Gasteiger partial charge in [-0.25, -0.2) is 4.39 Å². The molecule has 1 amide bonds. The van der Waals surface area contributed by atoms with Crippen LogP contribution in [0.4, 0.5) is 4.39 Å². The average Bonchev–Trinajstić information content (AvgIpc) is 2.34. The molecule has 1 aromatic rings. The van der Waals surface area contributed by atoms with E-state index in [-0.39, 0.29) is 11.7 Å². The van der Waals surface area contributed by atoms with E-state index >= 15 is 0 Å². The van der Waals surface area contributed by atoms with Gasteiger partial charge in [0.15, 0.2) is 0 Å². The zero-order valence-electron chi connectivity index (χ0n) is 10.2. The number of benzene rings is 1. The van der Waals surface area contributed by atoms with Gasteiger partial charge in [0.2, 0.25) is 0 Å². The number of carbonyl (C=O) groups excluding carboxylic acids is 1. The molecule has 1 unspecified atom stereocenters. The van der Waals surface area contributed by atoms with E-state index in [2.05, 4.69) is 12.2 Å². The second-order valence-electron chi connectivity index (χ2n) is 4.28. The molecule has 0 aliphatic rings. The van der Waals surface area contributed by atoms with Crippen LogP contribution in [0.3, 0.4) is 0 Å². The molecule has 18 heavy (non-hydrogen) atoms. The number of rotatable bonds is 6. The summed E-state index contributed by atoms with van der Waals surface area (Å²) in [7, 11) is 0. The number of hydrogen-bond donors (Lipinski definition) is 1. The fourth-order valence-electron chi connectivity index (χ4n) is 1.50. The molecular weight excluding hydrogens is 368 g/mol. The largest absolute Gasteiger partial charge is 0.352 e. The molecule has 0 aliphatic carbocycles.